The Kier molecular flexibility index (Phi) is 5.97. The summed E-state index contributed by atoms with van der Waals surface area (Å²) in [5.41, 5.74) is -0.207. The summed E-state index contributed by atoms with van der Waals surface area (Å²) in [4.78, 5) is 13.1. The first kappa shape index (κ1) is 20.8. The van der Waals surface area contributed by atoms with E-state index < -0.39 is 23.3 Å². The molecule has 5 atom stereocenters. The number of halogens is 2. The molecular weight excluding hydrogens is 372 g/mol. The van der Waals surface area contributed by atoms with Crippen molar-refractivity contribution in [3.63, 3.8) is 0 Å². The molecule has 1 heterocycles. The second kappa shape index (κ2) is 8.33. The lowest BCUT2D eigenvalue weighted by Crippen LogP contribution is -2.61. The molecule has 1 aromatic carbocycles. The Morgan fingerprint density at radius 2 is 1.90 bits per heavy atom. The van der Waals surface area contributed by atoms with Gasteiger partial charge in [0, 0.05) is 29.4 Å². The fraction of sp³-hybridized carbons (Fsp3) is 0.708. The van der Waals surface area contributed by atoms with Gasteiger partial charge in [0.25, 0.3) is 0 Å². The topological polar surface area (TPSA) is 38.3 Å². The van der Waals surface area contributed by atoms with Crippen LogP contribution in [-0.4, -0.2) is 17.6 Å². The summed E-state index contributed by atoms with van der Waals surface area (Å²) in [6.07, 6.45) is 8.20. The van der Waals surface area contributed by atoms with Crippen molar-refractivity contribution in [2.45, 2.75) is 89.4 Å². The minimum atomic E-state index is -0.849. The third-order valence-corrected chi connectivity index (χ3v) is 7.53. The standard InChI is InChI=1S/C24H33F2NO2/c1-15-11-12-18-20(13-15)29-21(17-9-6-10-19(25)22(17)26)14-24(18,2)27-23(28)16-7-4-3-5-8-16/h6,9-10,15-16,18,20-21H,3-5,7-8,11-14H2,1-2H3,(H,27,28)/t15-,18-,20-,21-,24-/m0/s1. The first-order valence-corrected chi connectivity index (χ1v) is 11.3. The zero-order valence-electron chi connectivity index (χ0n) is 17.6. The van der Waals surface area contributed by atoms with Gasteiger partial charge in [0.15, 0.2) is 11.6 Å². The third-order valence-electron chi connectivity index (χ3n) is 7.53. The van der Waals surface area contributed by atoms with Crippen molar-refractivity contribution in [2.75, 3.05) is 0 Å². The molecule has 2 aliphatic carbocycles. The zero-order chi connectivity index (χ0) is 20.6. The molecule has 0 spiro atoms. The summed E-state index contributed by atoms with van der Waals surface area (Å²) in [5.74, 6) is -0.734. The summed E-state index contributed by atoms with van der Waals surface area (Å²) in [5, 5.41) is 3.38. The second-order valence-electron chi connectivity index (χ2n) is 9.78. The van der Waals surface area contributed by atoms with Gasteiger partial charge in [0.2, 0.25) is 5.91 Å². The number of hydrogen-bond donors (Lipinski definition) is 1. The zero-order valence-corrected chi connectivity index (χ0v) is 17.6. The van der Waals surface area contributed by atoms with Crippen LogP contribution in [0.2, 0.25) is 0 Å². The number of nitrogens with one attached hydrogen (secondary N) is 1. The lowest BCUT2D eigenvalue weighted by atomic mass is 9.66. The van der Waals surface area contributed by atoms with Crippen LogP contribution in [0.4, 0.5) is 8.78 Å². The molecule has 5 heteroatoms. The number of rotatable bonds is 3. The van der Waals surface area contributed by atoms with Gasteiger partial charge in [-0.25, -0.2) is 8.78 Å². The molecule has 160 valence electrons. The molecule has 0 bridgehead atoms. The summed E-state index contributed by atoms with van der Waals surface area (Å²) in [7, 11) is 0. The Morgan fingerprint density at radius 3 is 2.66 bits per heavy atom. The minimum Gasteiger partial charge on any atom is -0.370 e. The average Bonchev–Trinajstić information content (AvgIpc) is 2.70. The third kappa shape index (κ3) is 4.21. The Hall–Kier alpha value is -1.49. The van der Waals surface area contributed by atoms with Crippen molar-refractivity contribution in [2.24, 2.45) is 17.8 Å². The first-order valence-electron chi connectivity index (χ1n) is 11.3. The van der Waals surface area contributed by atoms with E-state index in [1.165, 1.54) is 12.5 Å². The fourth-order valence-electron chi connectivity index (χ4n) is 5.85. The summed E-state index contributed by atoms with van der Waals surface area (Å²) in [6.45, 7) is 4.30. The number of carbonyl (C=O) groups is 1. The van der Waals surface area contributed by atoms with Crippen molar-refractivity contribution in [1.29, 1.82) is 0 Å². The molecule has 3 aliphatic rings. The van der Waals surface area contributed by atoms with Crippen LogP contribution in [0.1, 0.15) is 83.3 Å². The van der Waals surface area contributed by atoms with Gasteiger partial charge in [-0.05, 0) is 44.6 Å². The first-order chi connectivity index (χ1) is 13.9. The van der Waals surface area contributed by atoms with E-state index in [2.05, 4.69) is 19.2 Å². The van der Waals surface area contributed by atoms with E-state index in [0.717, 1.165) is 51.0 Å². The maximum Gasteiger partial charge on any atom is 0.223 e. The molecule has 2 saturated carbocycles. The molecule has 3 fully saturated rings. The molecule has 0 radical (unpaired) electrons. The van der Waals surface area contributed by atoms with E-state index in [0.29, 0.717) is 12.3 Å². The highest BCUT2D eigenvalue weighted by Gasteiger charge is 2.50. The smallest absolute Gasteiger partial charge is 0.223 e. The van der Waals surface area contributed by atoms with E-state index in [-0.39, 0.29) is 29.4 Å². The van der Waals surface area contributed by atoms with E-state index in [4.69, 9.17) is 4.74 Å². The molecule has 1 amide bonds. The van der Waals surface area contributed by atoms with Gasteiger partial charge in [0.1, 0.15) is 0 Å². The number of amides is 1. The number of benzene rings is 1. The molecule has 29 heavy (non-hydrogen) atoms. The lowest BCUT2D eigenvalue weighted by Gasteiger charge is -2.52. The highest BCUT2D eigenvalue weighted by atomic mass is 19.2. The van der Waals surface area contributed by atoms with Gasteiger partial charge in [0.05, 0.1) is 12.2 Å². The summed E-state index contributed by atoms with van der Waals surface area (Å²) in [6, 6.07) is 4.28. The largest absolute Gasteiger partial charge is 0.370 e. The van der Waals surface area contributed by atoms with Crippen molar-refractivity contribution in [3.8, 4) is 0 Å². The van der Waals surface area contributed by atoms with Crippen molar-refractivity contribution in [3.05, 3.63) is 35.4 Å². The number of carbonyl (C=O) groups excluding carboxylic acids is 1. The molecular formula is C24H33F2NO2. The van der Waals surface area contributed by atoms with E-state index >= 15 is 0 Å². The van der Waals surface area contributed by atoms with Crippen LogP contribution < -0.4 is 5.32 Å². The van der Waals surface area contributed by atoms with Crippen LogP contribution in [-0.2, 0) is 9.53 Å². The van der Waals surface area contributed by atoms with Crippen molar-refractivity contribution < 1.29 is 18.3 Å². The number of fused-ring (bicyclic) bond motifs is 1. The molecule has 1 saturated heterocycles. The average molecular weight is 406 g/mol. The van der Waals surface area contributed by atoms with Crippen LogP contribution in [0.5, 0.6) is 0 Å². The number of hydrogen-bond acceptors (Lipinski definition) is 2. The Labute approximate surface area is 172 Å². The van der Waals surface area contributed by atoms with Crippen LogP contribution in [0.3, 0.4) is 0 Å². The molecule has 1 aromatic rings. The molecule has 1 N–H and O–H groups in total. The van der Waals surface area contributed by atoms with E-state index in [1.807, 2.05) is 0 Å². The maximum absolute atomic E-state index is 14.5. The second-order valence-corrected chi connectivity index (χ2v) is 9.78. The Bertz CT molecular complexity index is 748. The van der Waals surface area contributed by atoms with Gasteiger partial charge in [-0.1, -0.05) is 44.7 Å². The quantitative estimate of drug-likeness (QED) is 0.702. The van der Waals surface area contributed by atoms with Gasteiger partial charge < -0.3 is 10.1 Å². The Morgan fingerprint density at radius 1 is 1.14 bits per heavy atom. The molecule has 4 rings (SSSR count). The molecule has 1 aliphatic heterocycles. The maximum atomic E-state index is 14.5. The van der Waals surface area contributed by atoms with Crippen LogP contribution in [0.15, 0.2) is 18.2 Å². The summed E-state index contributed by atoms with van der Waals surface area (Å²) >= 11 is 0. The lowest BCUT2D eigenvalue weighted by molar-refractivity contribution is -0.156. The number of ether oxygens (including phenoxy) is 1. The van der Waals surface area contributed by atoms with Crippen LogP contribution in [0.25, 0.3) is 0 Å². The normalized spacial score (nSPS) is 35.7. The summed E-state index contributed by atoms with van der Waals surface area (Å²) < 4.78 is 34.8. The van der Waals surface area contributed by atoms with Crippen molar-refractivity contribution >= 4 is 5.91 Å². The van der Waals surface area contributed by atoms with Crippen molar-refractivity contribution in [1.82, 2.24) is 5.32 Å². The van der Waals surface area contributed by atoms with Crippen LogP contribution in [0, 0.1) is 29.4 Å². The monoisotopic (exact) mass is 405 g/mol. The fourth-order valence-corrected chi connectivity index (χ4v) is 5.85. The predicted octanol–water partition coefficient (Wildman–Crippen LogP) is 5.69. The molecule has 0 unspecified atom stereocenters. The van der Waals surface area contributed by atoms with Gasteiger partial charge in [-0.15, -0.1) is 0 Å². The molecule has 3 nitrogen and oxygen atoms in total. The SMILES string of the molecule is C[C@H]1CC[C@H]2[C@H](C1)O[C@H](c1cccc(F)c1F)C[C@]2(C)NC(=O)C1CCCCC1. The minimum absolute atomic E-state index is 0.0446. The van der Waals surface area contributed by atoms with E-state index in [1.54, 1.807) is 6.07 Å². The van der Waals surface area contributed by atoms with E-state index in [9.17, 15) is 13.6 Å². The highest BCUT2D eigenvalue weighted by molar-refractivity contribution is 5.79. The van der Waals surface area contributed by atoms with Gasteiger partial charge in [-0.2, -0.15) is 0 Å². The van der Waals surface area contributed by atoms with Crippen LogP contribution >= 0.6 is 0 Å². The van der Waals surface area contributed by atoms with Gasteiger partial charge in [-0.3, -0.25) is 4.79 Å². The Balaban J connectivity index is 1.60. The predicted molar refractivity (Wildman–Crippen MR) is 108 cm³/mol. The van der Waals surface area contributed by atoms with Gasteiger partial charge >= 0.3 is 0 Å². The molecule has 0 aromatic heterocycles. The highest BCUT2D eigenvalue weighted by Crippen LogP contribution is 2.48.